The van der Waals surface area contributed by atoms with E-state index < -0.39 is 0 Å². The van der Waals surface area contributed by atoms with Gasteiger partial charge in [-0.25, -0.2) is 0 Å². The van der Waals surface area contributed by atoms with Gasteiger partial charge in [0.1, 0.15) is 5.75 Å². The van der Waals surface area contributed by atoms with E-state index in [0.29, 0.717) is 0 Å². The summed E-state index contributed by atoms with van der Waals surface area (Å²) in [5.41, 5.74) is 7.19. The molecule has 146 valence electrons. The quantitative estimate of drug-likeness (QED) is 0.290. The van der Waals surface area contributed by atoms with Gasteiger partial charge in [0, 0.05) is 0 Å². The largest absolute Gasteiger partial charge is 0.494 e. The van der Waals surface area contributed by atoms with Crippen molar-refractivity contribution in [2.75, 3.05) is 13.2 Å². The highest BCUT2D eigenvalue weighted by Gasteiger charge is 1.96. The number of nitrogens with zero attached hydrogens (tertiary/aromatic N) is 2. The van der Waals surface area contributed by atoms with Crippen molar-refractivity contribution in [2.45, 2.75) is 57.8 Å². The Balaban J connectivity index is 1.52. The van der Waals surface area contributed by atoms with Crippen molar-refractivity contribution < 1.29 is 4.74 Å². The summed E-state index contributed by atoms with van der Waals surface area (Å²) in [4.78, 5) is 0. The fourth-order valence-corrected chi connectivity index (χ4v) is 2.89. The van der Waals surface area contributed by atoms with Crippen LogP contribution in [0.25, 0.3) is 0 Å². The maximum absolute atomic E-state index is 5.81. The molecule has 0 aliphatic rings. The minimum absolute atomic E-state index is 0.779. The predicted octanol–water partition coefficient (Wildman–Crippen LogP) is 6.95. The molecule has 0 fully saturated rings. The van der Waals surface area contributed by atoms with Gasteiger partial charge in [-0.2, -0.15) is 10.2 Å². The zero-order valence-electron chi connectivity index (χ0n) is 16.4. The van der Waals surface area contributed by atoms with Gasteiger partial charge in [0.15, 0.2) is 0 Å². The van der Waals surface area contributed by atoms with Crippen LogP contribution in [0.2, 0.25) is 0 Å². The van der Waals surface area contributed by atoms with Gasteiger partial charge in [-0.15, -0.1) is 0 Å². The lowest BCUT2D eigenvalue weighted by molar-refractivity contribution is 0.304. The van der Waals surface area contributed by atoms with Crippen LogP contribution in [0.3, 0.4) is 0 Å². The summed E-state index contributed by atoms with van der Waals surface area (Å²) in [5, 5.41) is 8.46. The van der Waals surface area contributed by atoms with Gasteiger partial charge in [-0.1, -0.05) is 63.1 Å². The molecule has 27 heavy (non-hydrogen) atoms. The van der Waals surface area contributed by atoms with Crippen LogP contribution in [0.1, 0.15) is 57.8 Å². The maximum atomic E-state index is 5.81. The van der Waals surface area contributed by atoms with Crippen LogP contribution in [0, 0.1) is 0 Å². The summed E-state index contributed by atoms with van der Waals surface area (Å²) >= 11 is 0. The SMILES string of the molecule is NCCCCCCCCCCCOc1ccc(/N=N/c2ccccc2)cc1. The van der Waals surface area contributed by atoms with E-state index in [-0.39, 0.29) is 0 Å². The summed E-state index contributed by atoms with van der Waals surface area (Å²) in [6.45, 7) is 1.61. The number of hydrogen-bond acceptors (Lipinski definition) is 4. The molecular weight excluding hydrogens is 334 g/mol. The lowest BCUT2D eigenvalue weighted by Gasteiger charge is -2.06. The zero-order chi connectivity index (χ0) is 19.0. The van der Waals surface area contributed by atoms with Crippen molar-refractivity contribution in [1.29, 1.82) is 0 Å². The summed E-state index contributed by atoms with van der Waals surface area (Å²) in [5.74, 6) is 0.897. The molecule has 2 aromatic rings. The van der Waals surface area contributed by atoms with E-state index in [1.165, 1.54) is 51.4 Å². The fraction of sp³-hybridized carbons (Fsp3) is 0.478. The lowest BCUT2D eigenvalue weighted by Crippen LogP contribution is -1.97. The second-order valence-electron chi connectivity index (χ2n) is 6.85. The molecule has 2 N–H and O–H groups in total. The molecule has 4 nitrogen and oxygen atoms in total. The van der Waals surface area contributed by atoms with E-state index >= 15 is 0 Å². The number of nitrogens with two attached hydrogens (primary N) is 1. The normalized spacial score (nSPS) is 11.1. The van der Waals surface area contributed by atoms with E-state index in [1.807, 2.05) is 54.6 Å². The van der Waals surface area contributed by atoms with E-state index in [4.69, 9.17) is 10.5 Å². The Morgan fingerprint density at radius 1 is 0.593 bits per heavy atom. The van der Waals surface area contributed by atoms with Gasteiger partial charge in [0.2, 0.25) is 0 Å². The molecule has 0 radical (unpaired) electrons. The molecule has 0 aliphatic carbocycles. The number of azo groups is 1. The van der Waals surface area contributed by atoms with E-state index in [9.17, 15) is 0 Å². The summed E-state index contributed by atoms with van der Waals surface area (Å²) < 4.78 is 5.81. The van der Waals surface area contributed by atoms with Crippen molar-refractivity contribution in [3.63, 3.8) is 0 Å². The second-order valence-corrected chi connectivity index (χ2v) is 6.85. The summed E-state index contributed by atoms with van der Waals surface area (Å²) in [6.07, 6.45) is 11.5. The minimum atomic E-state index is 0.779. The average molecular weight is 368 g/mol. The molecule has 2 rings (SSSR count). The first kappa shape index (κ1) is 21.1. The van der Waals surface area contributed by atoms with Gasteiger partial charge in [0.25, 0.3) is 0 Å². The first-order chi connectivity index (χ1) is 13.4. The van der Waals surface area contributed by atoms with Gasteiger partial charge in [0.05, 0.1) is 18.0 Å². The molecule has 0 saturated carbocycles. The van der Waals surface area contributed by atoms with E-state index in [0.717, 1.165) is 36.7 Å². The van der Waals surface area contributed by atoms with Crippen molar-refractivity contribution in [3.05, 3.63) is 54.6 Å². The zero-order valence-corrected chi connectivity index (χ0v) is 16.4. The third-order valence-corrected chi connectivity index (χ3v) is 4.49. The number of benzene rings is 2. The van der Waals surface area contributed by atoms with Crippen molar-refractivity contribution in [3.8, 4) is 5.75 Å². The Labute approximate surface area is 163 Å². The van der Waals surface area contributed by atoms with Gasteiger partial charge in [-0.05, 0) is 55.8 Å². The van der Waals surface area contributed by atoms with Crippen LogP contribution in [0.5, 0.6) is 5.75 Å². The molecular formula is C23H33N3O. The molecule has 0 atom stereocenters. The maximum Gasteiger partial charge on any atom is 0.119 e. The number of rotatable bonds is 14. The average Bonchev–Trinajstić information content (AvgIpc) is 2.72. The molecule has 0 amide bonds. The highest BCUT2D eigenvalue weighted by molar-refractivity contribution is 5.42. The van der Waals surface area contributed by atoms with Crippen LogP contribution >= 0.6 is 0 Å². The summed E-state index contributed by atoms with van der Waals surface area (Å²) in [7, 11) is 0. The monoisotopic (exact) mass is 367 g/mol. The molecule has 0 saturated heterocycles. The fourth-order valence-electron chi connectivity index (χ4n) is 2.89. The van der Waals surface area contributed by atoms with Gasteiger partial charge >= 0.3 is 0 Å². The molecule has 0 bridgehead atoms. The van der Waals surface area contributed by atoms with Gasteiger partial charge < -0.3 is 10.5 Å². The first-order valence-electron chi connectivity index (χ1n) is 10.3. The van der Waals surface area contributed by atoms with E-state index in [1.54, 1.807) is 0 Å². The van der Waals surface area contributed by atoms with E-state index in [2.05, 4.69) is 10.2 Å². The van der Waals surface area contributed by atoms with Crippen molar-refractivity contribution in [1.82, 2.24) is 0 Å². The Hall–Kier alpha value is -2.20. The van der Waals surface area contributed by atoms with Crippen molar-refractivity contribution >= 4 is 11.4 Å². The number of hydrogen-bond donors (Lipinski definition) is 1. The molecule has 0 unspecified atom stereocenters. The smallest absolute Gasteiger partial charge is 0.119 e. The van der Waals surface area contributed by atoms with Crippen molar-refractivity contribution in [2.24, 2.45) is 16.0 Å². The minimum Gasteiger partial charge on any atom is -0.494 e. The van der Waals surface area contributed by atoms with Gasteiger partial charge in [-0.3, -0.25) is 0 Å². The molecule has 4 heteroatoms. The third kappa shape index (κ3) is 9.90. The number of ether oxygens (including phenoxy) is 1. The Morgan fingerprint density at radius 3 is 1.70 bits per heavy atom. The standard InChI is InChI=1S/C23H33N3O/c24-19-11-6-4-2-1-3-5-7-12-20-27-23-17-15-22(16-18-23)26-25-21-13-9-8-10-14-21/h8-10,13-18H,1-7,11-12,19-20,24H2/b26-25+. The Morgan fingerprint density at radius 2 is 1.11 bits per heavy atom. The second kappa shape index (κ2) is 13.9. The van der Waals surface area contributed by atoms with Crippen LogP contribution in [-0.4, -0.2) is 13.2 Å². The Kier molecular flexibility index (Phi) is 10.9. The van der Waals surface area contributed by atoms with Crippen LogP contribution in [0.15, 0.2) is 64.8 Å². The Bertz CT molecular complexity index is 626. The number of unbranched alkanes of at least 4 members (excludes halogenated alkanes) is 8. The topological polar surface area (TPSA) is 60.0 Å². The summed E-state index contributed by atoms with van der Waals surface area (Å²) in [6, 6.07) is 17.5. The van der Waals surface area contributed by atoms with Crippen LogP contribution < -0.4 is 10.5 Å². The molecule has 0 aromatic heterocycles. The lowest BCUT2D eigenvalue weighted by atomic mass is 10.1. The van der Waals surface area contributed by atoms with Crippen LogP contribution in [0.4, 0.5) is 11.4 Å². The predicted molar refractivity (Wildman–Crippen MR) is 113 cm³/mol. The molecule has 0 heterocycles. The molecule has 0 spiro atoms. The third-order valence-electron chi connectivity index (χ3n) is 4.49. The van der Waals surface area contributed by atoms with Crippen LogP contribution in [-0.2, 0) is 0 Å². The first-order valence-corrected chi connectivity index (χ1v) is 10.3. The molecule has 0 aliphatic heterocycles. The highest BCUT2D eigenvalue weighted by atomic mass is 16.5. The highest BCUT2D eigenvalue weighted by Crippen LogP contribution is 2.21. The molecule has 2 aromatic carbocycles.